The average molecular weight is 265 g/mol. The van der Waals surface area contributed by atoms with E-state index in [1.807, 2.05) is 0 Å². The average Bonchev–Trinajstić information content (AvgIpc) is 2.42. The summed E-state index contributed by atoms with van der Waals surface area (Å²) in [7, 11) is 3.03. The zero-order chi connectivity index (χ0) is 13.8. The van der Waals surface area contributed by atoms with Crippen LogP contribution in [0.2, 0.25) is 0 Å². The summed E-state index contributed by atoms with van der Waals surface area (Å²) in [6.45, 7) is 0. The van der Waals surface area contributed by atoms with Gasteiger partial charge in [0.15, 0.2) is 11.5 Å². The van der Waals surface area contributed by atoms with E-state index in [0.29, 0.717) is 17.2 Å². The third kappa shape index (κ3) is 2.93. The van der Waals surface area contributed by atoms with Crippen molar-refractivity contribution in [2.45, 2.75) is 0 Å². The van der Waals surface area contributed by atoms with Crippen LogP contribution in [-0.2, 0) is 0 Å². The topological polar surface area (TPSA) is 30.5 Å². The molecule has 3 nitrogen and oxygen atoms in total. The van der Waals surface area contributed by atoms with E-state index in [9.17, 15) is 8.78 Å². The summed E-state index contributed by atoms with van der Waals surface area (Å²) < 4.78 is 36.8. The van der Waals surface area contributed by atoms with Gasteiger partial charge in [-0.1, -0.05) is 0 Å². The van der Waals surface area contributed by atoms with E-state index in [-0.39, 0.29) is 5.69 Å². The lowest BCUT2D eigenvalue weighted by atomic mass is 10.2. The highest BCUT2D eigenvalue weighted by Gasteiger charge is 2.07. The summed E-state index contributed by atoms with van der Waals surface area (Å²) in [6, 6.07) is 8.23. The Bertz CT molecular complexity index is 588. The third-order valence-electron chi connectivity index (χ3n) is 2.59. The van der Waals surface area contributed by atoms with Crippen LogP contribution in [0.15, 0.2) is 36.4 Å². The van der Waals surface area contributed by atoms with Crippen molar-refractivity contribution in [3.8, 4) is 11.5 Å². The number of hydrogen-bond donors (Lipinski definition) is 1. The molecule has 0 bridgehead atoms. The molecule has 2 aromatic carbocycles. The molecule has 0 unspecified atom stereocenters. The Hall–Kier alpha value is -2.30. The molecule has 2 rings (SSSR count). The summed E-state index contributed by atoms with van der Waals surface area (Å²) in [6.07, 6.45) is 0. The van der Waals surface area contributed by atoms with Gasteiger partial charge in [0.25, 0.3) is 0 Å². The quantitative estimate of drug-likeness (QED) is 0.913. The van der Waals surface area contributed by atoms with E-state index in [2.05, 4.69) is 5.32 Å². The van der Waals surface area contributed by atoms with Crippen LogP contribution < -0.4 is 14.8 Å². The number of halogens is 2. The van der Waals surface area contributed by atoms with Gasteiger partial charge < -0.3 is 14.8 Å². The van der Waals surface area contributed by atoms with Crippen LogP contribution in [-0.4, -0.2) is 14.2 Å². The Kier molecular flexibility index (Phi) is 3.85. The molecule has 0 atom stereocenters. The normalized spacial score (nSPS) is 10.1. The molecule has 5 heteroatoms. The molecule has 0 spiro atoms. The van der Waals surface area contributed by atoms with Gasteiger partial charge in [0.2, 0.25) is 0 Å². The molecule has 19 heavy (non-hydrogen) atoms. The van der Waals surface area contributed by atoms with Gasteiger partial charge >= 0.3 is 0 Å². The number of ether oxygens (including phenoxy) is 2. The Balaban J connectivity index is 2.30. The second-order valence-corrected chi connectivity index (χ2v) is 3.82. The van der Waals surface area contributed by atoms with E-state index in [1.54, 1.807) is 18.2 Å². The van der Waals surface area contributed by atoms with Gasteiger partial charge in [0.05, 0.1) is 19.9 Å². The minimum absolute atomic E-state index is 0.0622. The van der Waals surface area contributed by atoms with Gasteiger partial charge in [-0.05, 0) is 24.3 Å². The van der Waals surface area contributed by atoms with Crippen molar-refractivity contribution in [3.63, 3.8) is 0 Å². The highest BCUT2D eigenvalue weighted by atomic mass is 19.1. The third-order valence-corrected chi connectivity index (χ3v) is 2.59. The van der Waals surface area contributed by atoms with Gasteiger partial charge in [0, 0.05) is 17.8 Å². The van der Waals surface area contributed by atoms with Crippen LogP contribution >= 0.6 is 0 Å². The Morgan fingerprint density at radius 1 is 0.895 bits per heavy atom. The first kappa shape index (κ1) is 13.1. The highest BCUT2D eigenvalue weighted by molar-refractivity contribution is 5.64. The first-order valence-electron chi connectivity index (χ1n) is 5.58. The number of hydrogen-bond acceptors (Lipinski definition) is 3. The number of benzene rings is 2. The molecule has 0 fully saturated rings. The van der Waals surface area contributed by atoms with Gasteiger partial charge in [-0.25, -0.2) is 8.78 Å². The maximum absolute atomic E-state index is 13.5. The summed E-state index contributed by atoms with van der Waals surface area (Å²) in [5.41, 5.74) is 0.634. The number of methoxy groups -OCH3 is 2. The number of anilines is 2. The predicted octanol–water partition coefficient (Wildman–Crippen LogP) is 3.73. The van der Waals surface area contributed by atoms with Crippen molar-refractivity contribution in [1.82, 2.24) is 0 Å². The fraction of sp³-hybridized carbons (Fsp3) is 0.143. The lowest BCUT2D eigenvalue weighted by molar-refractivity contribution is 0.355. The first-order chi connectivity index (χ1) is 9.13. The Morgan fingerprint density at radius 3 is 2.32 bits per heavy atom. The Labute approximate surface area is 109 Å². The molecule has 2 aromatic rings. The van der Waals surface area contributed by atoms with Crippen molar-refractivity contribution in [3.05, 3.63) is 48.0 Å². The van der Waals surface area contributed by atoms with Crippen LogP contribution in [0, 0.1) is 11.6 Å². The standard InChI is InChI=1S/C14H13F2NO2/c1-18-13-6-4-10(8-14(13)19-2)17-12-7-9(15)3-5-11(12)16/h3-8,17H,1-2H3. The lowest BCUT2D eigenvalue weighted by Gasteiger charge is -2.11. The first-order valence-corrected chi connectivity index (χ1v) is 5.58. The molecule has 0 aromatic heterocycles. The number of rotatable bonds is 4. The van der Waals surface area contributed by atoms with Gasteiger partial charge in [-0.3, -0.25) is 0 Å². The monoisotopic (exact) mass is 265 g/mol. The van der Waals surface area contributed by atoms with Gasteiger partial charge in [0.1, 0.15) is 11.6 Å². The smallest absolute Gasteiger partial charge is 0.162 e. The van der Waals surface area contributed by atoms with E-state index in [0.717, 1.165) is 18.2 Å². The molecule has 0 radical (unpaired) electrons. The van der Waals surface area contributed by atoms with Crippen LogP contribution in [0.3, 0.4) is 0 Å². The predicted molar refractivity (Wildman–Crippen MR) is 69.2 cm³/mol. The maximum Gasteiger partial charge on any atom is 0.162 e. The Morgan fingerprint density at radius 2 is 1.63 bits per heavy atom. The maximum atomic E-state index is 13.5. The van der Waals surface area contributed by atoms with Crippen molar-refractivity contribution in [2.24, 2.45) is 0 Å². The minimum Gasteiger partial charge on any atom is -0.493 e. The second kappa shape index (κ2) is 5.56. The zero-order valence-corrected chi connectivity index (χ0v) is 10.5. The van der Waals surface area contributed by atoms with E-state index < -0.39 is 11.6 Å². The van der Waals surface area contributed by atoms with Crippen LogP contribution in [0.25, 0.3) is 0 Å². The molecule has 0 amide bonds. The molecule has 0 aliphatic heterocycles. The van der Waals surface area contributed by atoms with Crippen molar-refractivity contribution >= 4 is 11.4 Å². The molecule has 100 valence electrons. The molecule has 0 aliphatic rings. The van der Waals surface area contributed by atoms with Crippen molar-refractivity contribution in [2.75, 3.05) is 19.5 Å². The van der Waals surface area contributed by atoms with Crippen molar-refractivity contribution in [1.29, 1.82) is 0 Å². The molecule has 0 saturated heterocycles. The molecule has 0 aliphatic carbocycles. The molecule has 0 heterocycles. The lowest BCUT2D eigenvalue weighted by Crippen LogP contribution is -1.96. The van der Waals surface area contributed by atoms with E-state index in [1.165, 1.54) is 14.2 Å². The summed E-state index contributed by atoms with van der Waals surface area (Å²) in [4.78, 5) is 0. The largest absolute Gasteiger partial charge is 0.493 e. The fourth-order valence-corrected chi connectivity index (χ4v) is 1.66. The zero-order valence-electron chi connectivity index (χ0n) is 10.5. The van der Waals surface area contributed by atoms with Crippen LogP contribution in [0.5, 0.6) is 11.5 Å². The summed E-state index contributed by atoms with van der Waals surface area (Å²) in [5.74, 6) is 0.0256. The minimum atomic E-state index is -0.531. The summed E-state index contributed by atoms with van der Waals surface area (Å²) in [5, 5.41) is 2.79. The SMILES string of the molecule is COc1ccc(Nc2cc(F)ccc2F)cc1OC. The molecular weight excluding hydrogens is 252 g/mol. The van der Waals surface area contributed by atoms with Crippen molar-refractivity contribution < 1.29 is 18.3 Å². The van der Waals surface area contributed by atoms with Crippen LogP contribution in [0.1, 0.15) is 0 Å². The number of nitrogens with one attached hydrogen (secondary N) is 1. The van der Waals surface area contributed by atoms with Gasteiger partial charge in [-0.2, -0.15) is 0 Å². The fourth-order valence-electron chi connectivity index (χ4n) is 1.66. The van der Waals surface area contributed by atoms with E-state index >= 15 is 0 Å². The van der Waals surface area contributed by atoms with Gasteiger partial charge in [-0.15, -0.1) is 0 Å². The highest BCUT2D eigenvalue weighted by Crippen LogP contribution is 2.31. The van der Waals surface area contributed by atoms with E-state index in [4.69, 9.17) is 9.47 Å². The van der Waals surface area contributed by atoms with Crippen LogP contribution in [0.4, 0.5) is 20.2 Å². The molecule has 1 N–H and O–H groups in total. The summed E-state index contributed by atoms with van der Waals surface area (Å²) >= 11 is 0. The molecule has 0 saturated carbocycles. The second-order valence-electron chi connectivity index (χ2n) is 3.82. The molecular formula is C14H13F2NO2.